The number of rotatable bonds is 4. The van der Waals surface area contributed by atoms with Gasteiger partial charge in [-0.3, -0.25) is 0 Å². The van der Waals surface area contributed by atoms with E-state index in [0.717, 1.165) is 24.6 Å². The lowest BCUT2D eigenvalue weighted by atomic mass is 10.6. The minimum Gasteiger partial charge on any atom is -0.416 e. The summed E-state index contributed by atoms with van der Waals surface area (Å²) in [6.07, 6.45) is 1.09. The second-order valence-corrected chi connectivity index (χ2v) is 19.2. The SMILES string of the molecule is CCC[Si]1O[Si](C)(CC)O[Si](C)(C)O[Si](C)(CC)O1. The van der Waals surface area contributed by atoms with E-state index in [0.29, 0.717) is 0 Å². The van der Waals surface area contributed by atoms with Crippen molar-refractivity contribution in [1.29, 1.82) is 0 Å². The summed E-state index contributed by atoms with van der Waals surface area (Å²) in [6.45, 7) is 15.0. The summed E-state index contributed by atoms with van der Waals surface area (Å²) < 4.78 is 25.6. The van der Waals surface area contributed by atoms with Gasteiger partial charge in [-0.2, -0.15) is 0 Å². The fourth-order valence-electron chi connectivity index (χ4n) is 2.20. The Balaban J connectivity index is 2.97. The Morgan fingerprint density at radius 3 is 1.53 bits per heavy atom. The Kier molecular flexibility index (Phi) is 6.21. The molecule has 4 nitrogen and oxygen atoms in total. The van der Waals surface area contributed by atoms with Gasteiger partial charge in [0.1, 0.15) is 0 Å². The zero-order chi connectivity index (χ0) is 14.7. The molecule has 0 saturated carbocycles. The highest BCUT2D eigenvalue weighted by Crippen LogP contribution is 2.31. The van der Waals surface area contributed by atoms with Crippen LogP contribution in [0.5, 0.6) is 0 Å². The largest absolute Gasteiger partial charge is 0.416 e. The zero-order valence-corrected chi connectivity index (χ0v) is 17.5. The lowest BCUT2D eigenvalue weighted by Gasteiger charge is -2.45. The maximum Gasteiger partial charge on any atom is 0.365 e. The summed E-state index contributed by atoms with van der Waals surface area (Å²) in [6, 6.07) is 2.93. The van der Waals surface area contributed by atoms with Crippen LogP contribution in [-0.4, -0.2) is 35.0 Å². The summed E-state index contributed by atoms with van der Waals surface area (Å²) in [7, 11) is -7.65. The molecule has 0 aliphatic carbocycles. The van der Waals surface area contributed by atoms with Crippen LogP contribution in [0.2, 0.25) is 44.3 Å². The number of hydrogen-bond donors (Lipinski definition) is 0. The lowest BCUT2D eigenvalue weighted by molar-refractivity contribution is 0.241. The Morgan fingerprint density at radius 2 is 1.21 bits per heavy atom. The Bertz CT molecular complexity index is 280. The van der Waals surface area contributed by atoms with Crippen molar-refractivity contribution in [3.8, 4) is 0 Å². The van der Waals surface area contributed by atoms with Crippen LogP contribution in [-0.2, 0) is 16.5 Å². The van der Waals surface area contributed by atoms with E-state index in [4.69, 9.17) is 16.5 Å². The van der Waals surface area contributed by atoms with Gasteiger partial charge < -0.3 is 16.5 Å². The van der Waals surface area contributed by atoms with Crippen LogP contribution in [0.4, 0.5) is 0 Å². The molecule has 1 fully saturated rings. The molecule has 2 atom stereocenters. The van der Waals surface area contributed by atoms with Gasteiger partial charge in [-0.1, -0.05) is 27.2 Å². The van der Waals surface area contributed by atoms with Crippen molar-refractivity contribution in [3.05, 3.63) is 0 Å². The molecule has 0 aromatic heterocycles. The van der Waals surface area contributed by atoms with Crippen molar-refractivity contribution in [2.45, 2.75) is 71.5 Å². The van der Waals surface area contributed by atoms with Gasteiger partial charge in [0, 0.05) is 0 Å². The molecule has 1 heterocycles. The summed E-state index contributed by atoms with van der Waals surface area (Å²) in [4.78, 5) is 0. The second kappa shape index (κ2) is 6.65. The van der Waals surface area contributed by atoms with Crippen LogP contribution in [0.15, 0.2) is 0 Å². The van der Waals surface area contributed by atoms with E-state index >= 15 is 0 Å². The van der Waals surface area contributed by atoms with E-state index in [1.165, 1.54) is 0 Å². The Labute approximate surface area is 123 Å². The maximum atomic E-state index is 6.40. The molecule has 19 heavy (non-hydrogen) atoms. The van der Waals surface area contributed by atoms with E-state index in [1.807, 2.05) is 0 Å². The van der Waals surface area contributed by atoms with E-state index < -0.39 is 35.0 Å². The third-order valence-corrected chi connectivity index (χ3v) is 19.5. The first kappa shape index (κ1) is 17.8. The third kappa shape index (κ3) is 5.19. The Hall–Kier alpha value is 0.708. The minimum atomic E-state index is -2.15. The zero-order valence-electron chi connectivity index (χ0n) is 13.5. The second-order valence-electron chi connectivity index (χ2n) is 5.90. The molecule has 0 amide bonds. The van der Waals surface area contributed by atoms with Gasteiger partial charge in [0.2, 0.25) is 0 Å². The van der Waals surface area contributed by atoms with E-state index in [9.17, 15) is 0 Å². The Morgan fingerprint density at radius 1 is 0.789 bits per heavy atom. The van der Waals surface area contributed by atoms with Gasteiger partial charge in [0.05, 0.1) is 0 Å². The molecule has 0 aromatic carbocycles. The molecular weight excluding hydrogens is 308 g/mol. The van der Waals surface area contributed by atoms with Crippen molar-refractivity contribution >= 4 is 35.0 Å². The summed E-state index contributed by atoms with van der Waals surface area (Å²) in [5.41, 5.74) is 0. The molecule has 8 heteroatoms. The third-order valence-electron chi connectivity index (χ3n) is 3.32. The van der Waals surface area contributed by atoms with Crippen molar-refractivity contribution in [2.75, 3.05) is 0 Å². The van der Waals surface area contributed by atoms with Crippen LogP contribution < -0.4 is 0 Å². The first-order chi connectivity index (χ1) is 8.67. The van der Waals surface area contributed by atoms with Crippen molar-refractivity contribution in [2.24, 2.45) is 0 Å². The summed E-state index contributed by atoms with van der Waals surface area (Å²) in [5.74, 6) is 0. The van der Waals surface area contributed by atoms with Crippen molar-refractivity contribution in [1.82, 2.24) is 0 Å². The van der Waals surface area contributed by atoms with Crippen LogP contribution in [0.25, 0.3) is 0 Å². The molecule has 1 aliphatic heterocycles. The minimum absolute atomic E-state index is 0.957. The first-order valence-corrected chi connectivity index (χ1v) is 16.7. The van der Waals surface area contributed by atoms with Gasteiger partial charge in [-0.05, 0) is 44.3 Å². The van der Waals surface area contributed by atoms with Gasteiger partial charge in [-0.15, -0.1) is 0 Å². The lowest BCUT2D eigenvalue weighted by Crippen LogP contribution is -2.62. The van der Waals surface area contributed by atoms with E-state index in [-0.39, 0.29) is 0 Å². The molecule has 1 aliphatic rings. The average Bonchev–Trinajstić information content (AvgIpc) is 2.26. The van der Waals surface area contributed by atoms with Crippen LogP contribution in [0.1, 0.15) is 27.2 Å². The molecular formula is C11H29O4Si4. The van der Waals surface area contributed by atoms with Gasteiger partial charge in [-0.25, -0.2) is 0 Å². The van der Waals surface area contributed by atoms with Gasteiger partial charge in [0.25, 0.3) is 0 Å². The highest BCUT2D eigenvalue weighted by atomic mass is 28.5. The van der Waals surface area contributed by atoms with Crippen LogP contribution in [0.3, 0.4) is 0 Å². The molecule has 1 radical (unpaired) electrons. The molecule has 0 aromatic rings. The maximum absolute atomic E-state index is 6.40. The average molecular weight is 338 g/mol. The van der Waals surface area contributed by atoms with E-state index in [2.05, 4.69) is 47.0 Å². The molecule has 1 rings (SSSR count). The molecule has 113 valence electrons. The van der Waals surface area contributed by atoms with Crippen LogP contribution in [0, 0.1) is 0 Å². The monoisotopic (exact) mass is 337 g/mol. The van der Waals surface area contributed by atoms with Gasteiger partial charge >= 0.3 is 35.0 Å². The quantitative estimate of drug-likeness (QED) is 0.730. The van der Waals surface area contributed by atoms with E-state index in [1.54, 1.807) is 0 Å². The standard InChI is InChI=1S/C11H29O4Si4/c1-8-11-16-12-18(6,9-2)14-17(4,5)15-19(7,10-3)13-16/h8-11H2,1-7H3. The number of hydrogen-bond acceptors (Lipinski definition) is 4. The van der Waals surface area contributed by atoms with Crippen molar-refractivity contribution < 1.29 is 16.5 Å². The molecule has 1 saturated heterocycles. The highest BCUT2D eigenvalue weighted by Gasteiger charge is 2.50. The molecule has 2 unspecified atom stereocenters. The summed E-state index contributed by atoms with van der Waals surface area (Å²) in [5, 5.41) is 0. The van der Waals surface area contributed by atoms with Crippen LogP contribution >= 0.6 is 0 Å². The van der Waals surface area contributed by atoms with Crippen molar-refractivity contribution in [3.63, 3.8) is 0 Å². The topological polar surface area (TPSA) is 36.9 Å². The fourth-order valence-corrected chi connectivity index (χ4v) is 20.1. The summed E-state index contributed by atoms with van der Waals surface area (Å²) >= 11 is 0. The first-order valence-electron chi connectivity index (χ1n) is 7.31. The predicted octanol–water partition coefficient (Wildman–Crippen LogP) is 3.85. The van der Waals surface area contributed by atoms with Gasteiger partial charge in [0.15, 0.2) is 0 Å². The predicted molar refractivity (Wildman–Crippen MR) is 86.9 cm³/mol. The fraction of sp³-hybridized carbons (Fsp3) is 1.00. The highest BCUT2D eigenvalue weighted by molar-refractivity contribution is 6.90. The molecule has 0 bridgehead atoms. The molecule has 0 N–H and O–H groups in total. The molecule has 0 spiro atoms. The normalized spacial score (nSPS) is 36.8. The smallest absolute Gasteiger partial charge is 0.365 e.